The lowest BCUT2D eigenvalue weighted by Gasteiger charge is -2.21. The van der Waals surface area contributed by atoms with Crippen LogP contribution in [-0.2, 0) is 4.79 Å². The first kappa shape index (κ1) is 14.4. The van der Waals surface area contributed by atoms with E-state index in [0.717, 1.165) is 25.7 Å². The Bertz CT molecular complexity index is 614. The van der Waals surface area contributed by atoms with Crippen LogP contribution in [0.4, 0.5) is 0 Å². The van der Waals surface area contributed by atoms with Gasteiger partial charge >= 0.3 is 0 Å². The molecule has 0 bridgehead atoms. The van der Waals surface area contributed by atoms with Gasteiger partial charge in [0.2, 0.25) is 0 Å². The van der Waals surface area contributed by atoms with E-state index in [-0.39, 0.29) is 9.49 Å². The van der Waals surface area contributed by atoms with Crippen molar-refractivity contribution in [1.82, 2.24) is 0 Å². The van der Waals surface area contributed by atoms with Crippen LogP contribution in [0.25, 0.3) is 0 Å². The molecule has 0 N–H and O–H groups in total. The number of benzene rings is 2. The fourth-order valence-electron chi connectivity index (χ4n) is 2.82. The van der Waals surface area contributed by atoms with Gasteiger partial charge in [0.1, 0.15) is 0 Å². The Kier molecular flexibility index (Phi) is 3.58. The average molecular weight is 326 g/mol. The van der Waals surface area contributed by atoms with Gasteiger partial charge in [-0.1, -0.05) is 36.4 Å². The van der Waals surface area contributed by atoms with Crippen LogP contribution < -0.4 is 0 Å². The van der Waals surface area contributed by atoms with Crippen molar-refractivity contribution in [2.45, 2.75) is 45.0 Å². The summed E-state index contributed by atoms with van der Waals surface area (Å²) in [6, 6.07) is 20.7. The van der Waals surface area contributed by atoms with Crippen LogP contribution in [0.1, 0.15) is 25.7 Å². The van der Waals surface area contributed by atoms with E-state index in [1.807, 2.05) is 12.1 Å². The first-order valence-corrected chi connectivity index (χ1v) is 9.39. The molecule has 0 unspecified atom stereocenters. The Labute approximate surface area is 139 Å². The van der Waals surface area contributed by atoms with Gasteiger partial charge in [0.15, 0.2) is 5.78 Å². The van der Waals surface area contributed by atoms with Crippen LogP contribution in [0.15, 0.2) is 70.5 Å². The molecule has 0 radical (unpaired) electrons. The van der Waals surface area contributed by atoms with E-state index in [9.17, 15) is 4.79 Å². The average Bonchev–Trinajstić information content (AvgIpc) is 3.47. The molecule has 0 aliphatic heterocycles. The highest BCUT2D eigenvalue weighted by Crippen LogP contribution is 2.62. The van der Waals surface area contributed by atoms with E-state index in [0.29, 0.717) is 5.78 Å². The van der Waals surface area contributed by atoms with Gasteiger partial charge in [-0.25, -0.2) is 0 Å². The Morgan fingerprint density at radius 2 is 1.05 bits per heavy atom. The highest BCUT2D eigenvalue weighted by atomic mass is 32.2. The number of rotatable bonds is 6. The molecule has 4 rings (SSSR count). The first-order valence-electron chi connectivity index (χ1n) is 7.76. The van der Waals surface area contributed by atoms with Crippen molar-refractivity contribution < 1.29 is 4.79 Å². The van der Waals surface area contributed by atoms with Gasteiger partial charge in [0.05, 0.1) is 9.49 Å². The van der Waals surface area contributed by atoms with Crippen LogP contribution in [0.2, 0.25) is 0 Å². The summed E-state index contributed by atoms with van der Waals surface area (Å²) in [7, 11) is 0. The normalized spacial score (nSPS) is 20.4. The number of ketones is 1. The Morgan fingerprint density at radius 3 is 1.36 bits per heavy atom. The topological polar surface area (TPSA) is 17.1 Å². The molecule has 2 aliphatic rings. The molecular formula is C19H18OS2. The molecule has 2 fully saturated rings. The molecule has 2 aromatic rings. The molecule has 112 valence electrons. The highest BCUT2D eigenvalue weighted by Gasteiger charge is 2.63. The number of hydrogen-bond acceptors (Lipinski definition) is 3. The molecule has 3 heteroatoms. The van der Waals surface area contributed by atoms with Crippen LogP contribution >= 0.6 is 23.5 Å². The van der Waals surface area contributed by atoms with Crippen molar-refractivity contribution in [3.8, 4) is 0 Å². The van der Waals surface area contributed by atoms with Gasteiger partial charge in [-0.05, 0) is 49.9 Å². The predicted molar refractivity (Wildman–Crippen MR) is 93.5 cm³/mol. The molecule has 0 heterocycles. The quantitative estimate of drug-likeness (QED) is 0.726. The van der Waals surface area contributed by atoms with Gasteiger partial charge < -0.3 is 0 Å². The minimum atomic E-state index is -0.153. The third-order valence-electron chi connectivity index (χ3n) is 4.35. The van der Waals surface area contributed by atoms with Crippen molar-refractivity contribution in [2.75, 3.05) is 0 Å². The maximum atomic E-state index is 13.2. The van der Waals surface area contributed by atoms with Gasteiger partial charge in [-0.3, -0.25) is 4.79 Å². The lowest BCUT2D eigenvalue weighted by Crippen LogP contribution is -2.31. The van der Waals surface area contributed by atoms with E-state index in [1.54, 1.807) is 23.5 Å². The van der Waals surface area contributed by atoms with Crippen LogP contribution in [-0.4, -0.2) is 15.3 Å². The zero-order valence-electron chi connectivity index (χ0n) is 12.3. The minimum Gasteiger partial charge on any atom is -0.297 e. The molecule has 0 atom stereocenters. The lowest BCUT2D eigenvalue weighted by molar-refractivity contribution is -0.119. The Hall–Kier alpha value is -1.19. The van der Waals surface area contributed by atoms with E-state index in [4.69, 9.17) is 0 Å². The van der Waals surface area contributed by atoms with E-state index < -0.39 is 0 Å². The van der Waals surface area contributed by atoms with Crippen LogP contribution in [0.5, 0.6) is 0 Å². The molecule has 1 nitrogen and oxygen atoms in total. The summed E-state index contributed by atoms with van der Waals surface area (Å²) in [5.74, 6) is 0.475. The highest BCUT2D eigenvalue weighted by molar-refractivity contribution is 8.03. The molecule has 0 saturated heterocycles. The summed E-state index contributed by atoms with van der Waals surface area (Å²) >= 11 is 3.56. The second kappa shape index (κ2) is 5.47. The van der Waals surface area contributed by atoms with Crippen molar-refractivity contribution in [3.63, 3.8) is 0 Å². The maximum absolute atomic E-state index is 13.2. The smallest absolute Gasteiger partial charge is 0.165 e. The van der Waals surface area contributed by atoms with E-state index >= 15 is 0 Å². The zero-order valence-corrected chi connectivity index (χ0v) is 14.0. The fraction of sp³-hybridized carbons (Fsp3) is 0.316. The molecular weight excluding hydrogens is 308 g/mol. The molecule has 2 aromatic carbocycles. The maximum Gasteiger partial charge on any atom is 0.165 e. The van der Waals surface area contributed by atoms with Crippen molar-refractivity contribution in [2.24, 2.45) is 0 Å². The first-order chi connectivity index (χ1) is 10.7. The Balaban J connectivity index is 1.51. The lowest BCUT2D eigenvalue weighted by atomic mass is 10.1. The van der Waals surface area contributed by atoms with E-state index in [1.165, 1.54) is 9.79 Å². The number of thioether (sulfide) groups is 2. The van der Waals surface area contributed by atoms with E-state index in [2.05, 4.69) is 48.5 Å². The molecule has 22 heavy (non-hydrogen) atoms. The molecule has 0 spiro atoms. The standard InChI is InChI=1S/C19H18OS2/c20-17(18(11-12-18)21-15-7-3-1-4-8-15)19(13-14-19)22-16-9-5-2-6-10-16/h1-10H,11-14H2. The van der Waals surface area contributed by atoms with Crippen LogP contribution in [0, 0.1) is 0 Å². The summed E-state index contributed by atoms with van der Waals surface area (Å²) in [5.41, 5.74) is 0. The van der Waals surface area contributed by atoms with Gasteiger partial charge in [0, 0.05) is 9.79 Å². The van der Waals surface area contributed by atoms with Gasteiger partial charge in [-0.2, -0.15) is 0 Å². The molecule has 0 amide bonds. The third-order valence-corrected chi connectivity index (χ3v) is 7.33. The summed E-state index contributed by atoms with van der Waals surface area (Å²) in [6.45, 7) is 0. The third kappa shape index (κ3) is 2.72. The number of carbonyl (C=O) groups excluding carboxylic acids is 1. The number of Topliss-reactive ketones (excluding diaryl/α,β-unsaturated/α-hetero) is 1. The Morgan fingerprint density at radius 1 is 0.682 bits per heavy atom. The summed E-state index contributed by atoms with van der Waals surface area (Å²) in [5, 5.41) is 0. The second-order valence-electron chi connectivity index (χ2n) is 6.15. The SMILES string of the molecule is O=C(C1(Sc2ccccc2)CC1)C1(Sc2ccccc2)CC1. The predicted octanol–water partition coefficient (Wildman–Crippen LogP) is 5.21. The van der Waals surface area contributed by atoms with Gasteiger partial charge in [0.25, 0.3) is 0 Å². The second-order valence-corrected chi connectivity index (χ2v) is 9.06. The summed E-state index contributed by atoms with van der Waals surface area (Å²) < 4.78 is -0.306. The molecule has 2 aliphatic carbocycles. The minimum absolute atomic E-state index is 0.153. The molecule has 0 aromatic heterocycles. The summed E-state index contributed by atoms with van der Waals surface area (Å²) in [6.07, 6.45) is 4.12. The largest absolute Gasteiger partial charge is 0.297 e. The van der Waals surface area contributed by atoms with Crippen molar-refractivity contribution in [1.29, 1.82) is 0 Å². The molecule has 2 saturated carbocycles. The number of hydrogen-bond donors (Lipinski definition) is 0. The van der Waals surface area contributed by atoms with Crippen molar-refractivity contribution in [3.05, 3.63) is 60.7 Å². The fourth-order valence-corrected chi connectivity index (χ4v) is 5.56. The van der Waals surface area contributed by atoms with Crippen LogP contribution in [0.3, 0.4) is 0 Å². The van der Waals surface area contributed by atoms with Gasteiger partial charge in [-0.15, -0.1) is 23.5 Å². The van der Waals surface area contributed by atoms with Crippen molar-refractivity contribution >= 4 is 29.3 Å². The monoisotopic (exact) mass is 326 g/mol. The number of carbonyl (C=O) groups is 1. The zero-order chi connectivity index (χ0) is 15.0. The summed E-state index contributed by atoms with van der Waals surface area (Å²) in [4.78, 5) is 15.6.